The van der Waals surface area contributed by atoms with Crippen molar-refractivity contribution in [3.8, 4) is 23.0 Å². The fourth-order valence-electron chi connectivity index (χ4n) is 3.03. The van der Waals surface area contributed by atoms with E-state index in [0.717, 1.165) is 5.56 Å². The summed E-state index contributed by atoms with van der Waals surface area (Å²) >= 11 is 13.0. The molecule has 0 N–H and O–H groups in total. The summed E-state index contributed by atoms with van der Waals surface area (Å²) < 4.78 is 23.2. The molecule has 0 aromatic heterocycles. The normalized spacial score (nSPS) is 14.8. The lowest BCUT2D eigenvalue weighted by Crippen LogP contribution is -2.27. The van der Waals surface area contributed by atoms with E-state index in [9.17, 15) is 4.79 Å². The van der Waals surface area contributed by atoms with E-state index in [1.165, 1.54) is 11.8 Å². The lowest BCUT2D eigenvalue weighted by Gasteiger charge is -2.15. The summed E-state index contributed by atoms with van der Waals surface area (Å²) in [5, 5.41) is 0.380. The Morgan fingerprint density at radius 3 is 2.44 bits per heavy atom. The van der Waals surface area contributed by atoms with Crippen LogP contribution >= 0.6 is 35.6 Å². The molecule has 0 spiro atoms. The zero-order chi connectivity index (χ0) is 23.1. The fourth-order valence-corrected chi connectivity index (χ4v) is 4.69. The van der Waals surface area contributed by atoms with Gasteiger partial charge in [0.05, 0.1) is 23.6 Å². The Bertz CT molecular complexity index is 1030. The number of carbonyl (C=O) groups is 1. The third kappa shape index (κ3) is 5.68. The van der Waals surface area contributed by atoms with Gasteiger partial charge in [-0.2, -0.15) is 0 Å². The molecule has 2 aromatic carbocycles. The van der Waals surface area contributed by atoms with Gasteiger partial charge in [-0.3, -0.25) is 9.69 Å². The maximum absolute atomic E-state index is 12.5. The number of rotatable bonds is 10. The van der Waals surface area contributed by atoms with E-state index in [4.69, 9.17) is 42.8 Å². The van der Waals surface area contributed by atoms with Crippen LogP contribution in [0.5, 0.6) is 23.0 Å². The maximum Gasteiger partial charge on any atom is 0.266 e. The number of thioether (sulfide) groups is 1. The quantitative estimate of drug-likeness (QED) is 0.248. The first-order valence-corrected chi connectivity index (χ1v) is 11.7. The van der Waals surface area contributed by atoms with E-state index >= 15 is 0 Å². The zero-order valence-electron chi connectivity index (χ0n) is 18.1. The number of benzene rings is 2. The first-order valence-electron chi connectivity index (χ1n) is 10.1. The molecule has 2 aromatic rings. The van der Waals surface area contributed by atoms with Crippen LogP contribution in [0.1, 0.15) is 19.4 Å². The number of amides is 1. The van der Waals surface area contributed by atoms with Crippen molar-refractivity contribution >= 4 is 51.9 Å². The Morgan fingerprint density at radius 1 is 1.06 bits per heavy atom. The first-order chi connectivity index (χ1) is 15.5. The molecular formula is C23H24ClNO5S2. The van der Waals surface area contributed by atoms with E-state index in [2.05, 4.69) is 0 Å². The maximum atomic E-state index is 12.5. The second-order valence-electron chi connectivity index (χ2n) is 6.54. The second kappa shape index (κ2) is 11.4. The molecule has 0 atom stereocenters. The number of ether oxygens (including phenoxy) is 4. The largest absolute Gasteiger partial charge is 0.493 e. The average Bonchev–Trinajstić information content (AvgIpc) is 3.05. The third-order valence-electron chi connectivity index (χ3n) is 4.48. The van der Waals surface area contributed by atoms with Gasteiger partial charge in [0.25, 0.3) is 5.91 Å². The minimum absolute atomic E-state index is 0.106. The molecule has 0 bridgehead atoms. The number of halogens is 1. The fraction of sp³-hybridized carbons (Fsp3) is 0.304. The third-order valence-corrected chi connectivity index (χ3v) is 6.13. The van der Waals surface area contributed by atoms with Gasteiger partial charge in [-0.15, -0.1) is 0 Å². The van der Waals surface area contributed by atoms with Crippen LogP contribution in [0.2, 0.25) is 5.02 Å². The summed E-state index contributed by atoms with van der Waals surface area (Å²) in [4.78, 5) is 14.6. The second-order valence-corrected chi connectivity index (χ2v) is 8.62. The molecule has 1 heterocycles. The molecule has 170 valence electrons. The molecule has 6 nitrogen and oxygen atoms in total. The number of nitrogens with zero attached hydrogens (tertiary/aromatic N) is 1. The van der Waals surface area contributed by atoms with E-state index < -0.39 is 0 Å². The van der Waals surface area contributed by atoms with Crippen molar-refractivity contribution in [1.82, 2.24) is 4.90 Å². The highest BCUT2D eigenvalue weighted by Gasteiger charge is 2.30. The molecule has 32 heavy (non-hydrogen) atoms. The first kappa shape index (κ1) is 24.2. The molecule has 1 aliphatic rings. The molecule has 1 fully saturated rings. The van der Waals surface area contributed by atoms with Gasteiger partial charge in [-0.25, -0.2) is 0 Å². The highest BCUT2D eigenvalue weighted by molar-refractivity contribution is 8.26. The standard InChI is InChI=1S/C23H24ClNO5S2/c1-4-25-22(26)20(32-23(25)31)14-15-12-16(24)21(19(13-15)28-5-2)30-11-10-29-18-9-7-6-8-17(18)27-3/h6-9,12-14H,4-5,10-11H2,1-3H3/b20-14-. The molecule has 0 saturated carbocycles. The monoisotopic (exact) mass is 493 g/mol. The Hall–Kier alpha value is -2.42. The molecular weight excluding hydrogens is 470 g/mol. The van der Waals surface area contributed by atoms with Gasteiger partial charge in [0.1, 0.15) is 17.5 Å². The Labute approximate surface area is 202 Å². The predicted octanol–water partition coefficient (Wildman–Crippen LogP) is 5.43. The molecule has 0 aliphatic carbocycles. The number of hydrogen-bond acceptors (Lipinski definition) is 7. The highest BCUT2D eigenvalue weighted by Crippen LogP contribution is 2.39. The van der Waals surface area contributed by atoms with Crippen molar-refractivity contribution in [2.24, 2.45) is 0 Å². The summed E-state index contributed by atoms with van der Waals surface area (Å²) in [5.74, 6) is 2.10. The number of hydrogen-bond donors (Lipinski definition) is 0. The smallest absolute Gasteiger partial charge is 0.266 e. The van der Waals surface area contributed by atoms with Gasteiger partial charge in [0.2, 0.25) is 0 Å². The Morgan fingerprint density at radius 2 is 1.78 bits per heavy atom. The summed E-state index contributed by atoms with van der Waals surface area (Å²) in [6.07, 6.45) is 1.76. The van der Waals surface area contributed by atoms with Crippen LogP contribution in [0.3, 0.4) is 0 Å². The van der Waals surface area contributed by atoms with Gasteiger partial charge in [-0.1, -0.05) is 47.7 Å². The van der Waals surface area contributed by atoms with Gasteiger partial charge in [-0.05, 0) is 49.8 Å². The Balaban J connectivity index is 1.72. The van der Waals surface area contributed by atoms with Crippen LogP contribution in [0.4, 0.5) is 0 Å². The predicted molar refractivity (Wildman–Crippen MR) is 132 cm³/mol. The van der Waals surface area contributed by atoms with Crippen LogP contribution in [0, 0.1) is 0 Å². The Kier molecular flexibility index (Phi) is 8.67. The van der Waals surface area contributed by atoms with Gasteiger partial charge in [0.15, 0.2) is 23.0 Å². The van der Waals surface area contributed by atoms with Crippen molar-refractivity contribution in [3.63, 3.8) is 0 Å². The van der Waals surface area contributed by atoms with Crippen molar-refractivity contribution in [2.45, 2.75) is 13.8 Å². The number of methoxy groups -OCH3 is 1. The number of likely N-dealkylation sites (N-methyl/N-ethyl adjacent to an activating group) is 1. The summed E-state index contributed by atoms with van der Waals surface area (Å²) in [7, 11) is 1.59. The van der Waals surface area contributed by atoms with E-state index in [1.54, 1.807) is 30.2 Å². The van der Waals surface area contributed by atoms with Gasteiger partial charge >= 0.3 is 0 Å². The van der Waals surface area contributed by atoms with Crippen molar-refractivity contribution in [2.75, 3.05) is 33.5 Å². The number of para-hydroxylation sites is 2. The van der Waals surface area contributed by atoms with Crippen LogP contribution in [0.25, 0.3) is 6.08 Å². The zero-order valence-corrected chi connectivity index (χ0v) is 20.4. The summed E-state index contributed by atoms with van der Waals surface area (Å²) in [6, 6.07) is 10.9. The van der Waals surface area contributed by atoms with Crippen molar-refractivity contribution < 1.29 is 23.7 Å². The van der Waals surface area contributed by atoms with Crippen molar-refractivity contribution in [1.29, 1.82) is 0 Å². The van der Waals surface area contributed by atoms with Crippen LogP contribution in [0.15, 0.2) is 41.3 Å². The molecule has 1 saturated heterocycles. The lowest BCUT2D eigenvalue weighted by atomic mass is 10.1. The van der Waals surface area contributed by atoms with Crippen LogP contribution in [-0.2, 0) is 4.79 Å². The van der Waals surface area contributed by atoms with E-state index in [-0.39, 0.29) is 12.5 Å². The topological polar surface area (TPSA) is 57.2 Å². The molecule has 0 unspecified atom stereocenters. The summed E-state index contributed by atoms with van der Waals surface area (Å²) in [6.45, 7) is 5.29. The minimum Gasteiger partial charge on any atom is -0.493 e. The molecule has 0 radical (unpaired) electrons. The van der Waals surface area contributed by atoms with E-state index in [1.807, 2.05) is 38.1 Å². The molecule has 1 amide bonds. The highest BCUT2D eigenvalue weighted by atomic mass is 35.5. The van der Waals surface area contributed by atoms with E-state index in [0.29, 0.717) is 57.0 Å². The van der Waals surface area contributed by atoms with Crippen LogP contribution in [-0.4, -0.2) is 48.6 Å². The van der Waals surface area contributed by atoms with Gasteiger partial charge in [0, 0.05) is 6.54 Å². The van der Waals surface area contributed by atoms with Crippen LogP contribution < -0.4 is 18.9 Å². The molecule has 9 heteroatoms. The molecule has 3 rings (SSSR count). The lowest BCUT2D eigenvalue weighted by molar-refractivity contribution is -0.121. The van der Waals surface area contributed by atoms with Crippen molar-refractivity contribution in [3.05, 3.63) is 51.9 Å². The number of carbonyl (C=O) groups excluding carboxylic acids is 1. The number of thiocarbonyl (C=S) groups is 1. The SMILES string of the molecule is CCOc1cc(/C=C2\SC(=S)N(CC)C2=O)cc(Cl)c1OCCOc1ccccc1OC. The minimum atomic E-state index is -0.106. The summed E-state index contributed by atoms with van der Waals surface area (Å²) in [5.41, 5.74) is 0.729. The average molecular weight is 494 g/mol. The van der Waals surface area contributed by atoms with Gasteiger partial charge < -0.3 is 18.9 Å². The molecule has 1 aliphatic heterocycles.